The SMILES string of the molecule is CN(C)C(C)(C)CNS(=O)(=O)c1cc([N+](=O)[O-])c(N)s1. The molecule has 1 aromatic heterocycles. The summed E-state index contributed by atoms with van der Waals surface area (Å²) in [6.45, 7) is 3.93. The Balaban J connectivity index is 2.96. The molecule has 3 N–H and O–H groups in total. The summed E-state index contributed by atoms with van der Waals surface area (Å²) in [6, 6.07) is 0.977. The summed E-state index contributed by atoms with van der Waals surface area (Å²) in [6.07, 6.45) is 0. The topological polar surface area (TPSA) is 119 Å². The van der Waals surface area contributed by atoms with Gasteiger partial charge in [0.05, 0.1) is 4.92 Å². The summed E-state index contributed by atoms with van der Waals surface area (Å²) in [4.78, 5) is 11.9. The summed E-state index contributed by atoms with van der Waals surface area (Å²) in [7, 11) is -0.134. The van der Waals surface area contributed by atoms with E-state index in [2.05, 4.69) is 4.72 Å². The van der Waals surface area contributed by atoms with Crippen molar-refractivity contribution in [2.45, 2.75) is 23.6 Å². The normalized spacial score (nSPS) is 12.8. The van der Waals surface area contributed by atoms with E-state index in [1.165, 1.54) is 0 Å². The fraction of sp³-hybridized carbons (Fsp3) is 0.600. The number of anilines is 1. The minimum atomic E-state index is -3.80. The molecule has 20 heavy (non-hydrogen) atoms. The van der Waals surface area contributed by atoms with Crippen LogP contribution in [0.4, 0.5) is 10.7 Å². The first-order valence-electron chi connectivity index (χ1n) is 5.68. The zero-order chi connectivity index (χ0) is 15.7. The van der Waals surface area contributed by atoms with E-state index in [-0.39, 0.29) is 27.0 Å². The number of nitrogens with zero attached hydrogens (tertiary/aromatic N) is 2. The van der Waals surface area contributed by atoms with E-state index in [9.17, 15) is 18.5 Å². The largest absolute Gasteiger partial charge is 0.385 e. The van der Waals surface area contributed by atoms with Crippen LogP contribution in [0.5, 0.6) is 0 Å². The quantitative estimate of drug-likeness (QED) is 0.592. The highest BCUT2D eigenvalue weighted by molar-refractivity contribution is 7.91. The average Bonchev–Trinajstić information content (AvgIpc) is 2.70. The molecular weight excluding hydrogens is 304 g/mol. The van der Waals surface area contributed by atoms with Crippen LogP contribution >= 0.6 is 11.3 Å². The smallest absolute Gasteiger partial charge is 0.304 e. The number of hydrogen-bond donors (Lipinski definition) is 2. The minimum Gasteiger partial charge on any atom is -0.385 e. The second kappa shape index (κ2) is 5.64. The number of hydrogen-bond acceptors (Lipinski definition) is 7. The molecule has 8 nitrogen and oxygen atoms in total. The van der Waals surface area contributed by atoms with E-state index in [4.69, 9.17) is 5.73 Å². The maximum absolute atomic E-state index is 12.1. The molecule has 0 radical (unpaired) electrons. The molecule has 0 saturated carbocycles. The van der Waals surface area contributed by atoms with Gasteiger partial charge < -0.3 is 10.6 Å². The maximum Gasteiger partial charge on any atom is 0.304 e. The lowest BCUT2D eigenvalue weighted by Gasteiger charge is -2.32. The van der Waals surface area contributed by atoms with Gasteiger partial charge in [-0.3, -0.25) is 10.1 Å². The molecule has 0 bridgehead atoms. The molecule has 10 heteroatoms. The fourth-order valence-corrected chi connectivity index (χ4v) is 3.61. The third-order valence-corrected chi connectivity index (χ3v) is 5.91. The van der Waals surface area contributed by atoms with Gasteiger partial charge in [0.25, 0.3) is 0 Å². The van der Waals surface area contributed by atoms with Gasteiger partial charge in [-0.15, -0.1) is 0 Å². The molecule has 1 heterocycles. The van der Waals surface area contributed by atoms with Crippen LogP contribution in [0.15, 0.2) is 10.3 Å². The number of nitrogens with two attached hydrogens (primary N) is 1. The van der Waals surface area contributed by atoms with Gasteiger partial charge in [-0.1, -0.05) is 11.3 Å². The molecule has 0 aliphatic rings. The van der Waals surface area contributed by atoms with Crippen molar-refractivity contribution in [3.05, 3.63) is 16.2 Å². The lowest BCUT2D eigenvalue weighted by molar-refractivity contribution is -0.383. The van der Waals surface area contributed by atoms with Crippen molar-refractivity contribution in [3.63, 3.8) is 0 Å². The van der Waals surface area contributed by atoms with Crippen molar-refractivity contribution in [2.24, 2.45) is 0 Å². The van der Waals surface area contributed by atoms with Crippen LogP contribution in [0.2, 0.25) is 0 Å². The Morgan fingerprint density at radius 3 is 2.45 bits per heavy atom. The second-order valence-electron chi connectivity index (χ2n) is 5.10. The molecule has 1 rings (SSSR count). The van der Waals surface area contributed by atoms with E-state index in [0.717, 1.165) is 6.07 Å². The monoisotopic (exact) mass is 322 g/mol. The van der Waals surface area contributed by atoms with Gasteiger partial charge in [-0.25, -0.2) is 13.1 Å². The van der Waals surface area contributed by atoms with Crippen molar-refractivity contribution >= 4 is 32.0 Å². The van der Waals surface area contributed by atoms with Crippen LogP contribution in [-0.4, -0.2) is 44.4 Å². The third-order valence-electron chi connectivity index (χ3n) is 3.08. The van der Waals surface area contributed by atoms with Crippen LogP contribution in [0.1, 0.15) is 13.8 Å². The van der Waals surface area contributed by atoms with Crippen LogP contribution in [0.25, 0.3) is 0 Å². The van der Waals surface area contributed by atoms with E-state index >= 15 is 0 Å². The van der Waals surface area contributed by atoms with Gasteiger partial charge in [-0.05, 0) is 27.9 Å². The Morgan fingerprint density at radius 2 is 2.05 bits per heavy atom. The van der Waals surface area contributed by atoms with E-state index < -0.39 is 14.9 Å². The predicted molar refractivity (Wildman–Crippen MR) is 78.3 cm³/mol. The van der Waals surface area contributed by atoms with Crippen LogP contribution in [-0.2, 0) is 10.0 Å². The van der Waals surface area contributed by atoms with E-state index in [1.54, 1.807) is 0 Å². The molecular formula is C10H18N4O4S2. The Labute approximate surface area is 121 Å². The van der Waals surface area contributed by atoms with Gasteiger partial charge in [0, 0.05) is 18.2 Å². The minimum absolute atomic E-state index is 0.123. The Bertz CT molecular complexity index is 607. The Hall–Kier alpha value is -1.23. The summed E-state index contributed by atoms with van der Waals surface area (Å²) in [5.74, 6) is 0. The highest BCUT2D eigenvalue weighted by Gasteiger charge is 2.28. The number of rotatable bonds is 6. The van der Waals surface area contributed by atoms with Crippen molar-refractivity contribution in [1.82, 2.24) is 9.62 Å². The second-order valence-corrected chi connectivity index (χ2v) is 8.18. The van der Waals surface area contributed by atoms with Gasteiger partial charge >= 0.3 is 5.69 Å². The summed E-state index contributed by atoms with van der Waals surface area (Å²) in [5, 5.41) is 10.6. The lowest BCUT2D eigenvalue weighted by Crippen LogP contribution is -2.47. The Kier molecular flexibility index (Phi) is 4.74. The number of sulfonamides is 1. The van der Waals surface area contributed by atoms with Crippen molar-refractivity contribution in [1.29, 1.82) is 0 Å². The molecule has 0 spiro atoms. The zero-order valence-corrected chi connectivity index (χ0v) is 13.3. The number of thiophene rings is 1. The number of nitro groups is 1. The molecule has 0 atom stereocenters. The maximum atomic E-state index is 12.1. The van der Waals surface area contributed by atoms with Gasteiger partial charge in [-0.2, -0.15) is 0 Å². The van der Waals surface area contributed by atoms with Gasteiger partial charge in [0.15, 0.2) is 5.00 Å². The lowest BCUT2D eigenvalue weighted by atomic mass is 10.1. The fourth-order valence-electron chi connectivity index (χ4n) is 1.15. The highest BCUT2D eigenvalue weighted by Crippen LogP contribution is 2.34. The molecule has 0 aromatic carbocycles. The third kappa shape index (κ3) is 3.66. The van der Waals surface area contributed by atoms with Crippen LogP contribution in [0, 0.1) is 10.1 Å². The number of nitrogens with one attached hydrogen (secondary N) is 1. The number of likely N-dealkylation sites (N-methyl/N-ethyl adjacent to an activating group) is 1. The van der Waals surface area contributed by atoms with Crippen LogP contribution in [0.3, 0.4) is 0 Å². The predicted octanol–water partition coefficient (Wildman–Crippen LogP) is 0.857. The molecule has 114 valence electrons. The first-order valence-corrected chi connectivity index (χ1v) is 7.98. The van der Waals surface area contributed by atoms with Crippen molar-refractivity contribution in [3.8, 4) is 0 Å². The molecule has 0 fully saturated rings. The van der Waals surface area contributed by atoms with E-state index in [1.807, 2.05) is 32.8 Å². The molecule has 0 unspecified atom stereocenters. The highest BCUT2D eigenvalue weighted by atomic mass is 32.2. The Morgan fingerprint density at radius 1 is 1.50 bits per heavy atom. The molecule has 0 saturated heterocycles. The van der Waals surface area contributed by atoms with Crippen LogP contribution < -0.4 is 10.5 Å². The van der Waals surface area contributed by atoms with Gasteiger partial charge in [0.2, 0.25) is 10.0 Å². The molecule has 0 aliphatic carbocycles. The van der Waals surface area contributed by atoms with Gasteiger partial charge in [0.1, 0.15) is 4.21 Å². The molecule has 0 aliphatic heterocycles. The standard InChI is InChI=1S/C10H18N4O4S2/c1-10(2,13(3)4)6-12-20(17,18)8-5-7(14(15)16)9(11)19-8/h5,12H,6,11H2,1-4H3. The zero-order valence-electron chi connectivity index (χ0n) is 11.7. The first kappa shape index (κ1) is 16.8. The van der Waals surface area contributed by atoms with Crippen molar-refractivity contribution in [2.75, 3.05) is 26.4 Å². The molecule has 1 aromatic rings. The number of nitrogen functional groups attached to an aromatic ring is 1. The summed E-state index contributed by atoms with van der Waals surface area (Å²) >= 11 is 0.681. The molecule has 0 amide bonds. The van der Waals surface area contributed by atoms with E-state index in [0.29, 0.717) is 11.3 Å². The summed E-state index contributed by atoms with van der Waals surface area (Å²) in [5.41, 5.74) is 4.67. The van der Waals surface area contributed by atoms with Crippen molar-refractivity contribution < 1.29 is 13.3 Å². The average molecular weight is 322 g/mol. The first-order chi connectivity index (χ1) is 8.97. The summed E-state index contributed by atoms with van der Waals surface area (Å²) < 4.78 is 26.5.